The third kappa shape index (κ3) is 3.72. The number of fused-ring (bicyclic) bond motifs is 1. The molecule has 0 saturated carbocycles. The fourth-order valence-electron chi connectivity index (χ4n) is 4.63. The van der Waals surface area contributed by atoms with Crippen LogP contribution < -0.4 is 10.2 Å². The topological polar surface area (TPSA) is 38.7 Å². The minimum Gasteiger partial charge on any atom is -0.381 e. The first-order chi connectivity index (χ1) is 14.7. The van der Waals surface area contributed by atoms with E-state index < -0.39 is 0 Å². The van der Waals surface area contributed by atoms with Gasteiger partial charge in [-0.15, -0.1) is 0 Å². The molecule has 158 valence electrons. The quantitative estimate of drug-likeness (QED) is 0.580. The van der Waals surface area contributed by atoms with E-state index >= 15 is 0 Å². The molecule has 1 N–H and O–H groups in total. The Kier molecular flexibility index (Phi) is 5.72. The highest BCUT2D eigenvalue weighted by Gasteiger charge is 2.23. The molecule has 3 heterocycles. The minimum atomic E-state index is 0.440. The normalized spacial score (nSPS) is 18.1. The second kappa shape index (κ2) is 8.61. The Bertz CT molecular complexity index is 1020. The Labute approximate surface area is 186 Å². The maximum absolute atomic E-state index is 5.58. The van der Waals surface area contributed by atoms with Gasteiger partial charge in [0.25, 0.3) is 0 Å². The zero-order valence-electron chi connectivity index (χ0n) is 17.4. The summed E-state index contributed by atoms with van der Waals surface area (Å²) in [6.07, 6.45) is 2.08. The monoisotopic (exact) mass is 469 g/mol. The van der Waals surface area contributed by atoms with E-state index in [1.807, 2.05) is 0 Å². The van der Waals surface area contributed by atoms with Gasteiger partial charge in [0.2, 0.25) is 0 Å². The minimum absolute atomic E-state index is 0.440. The standard InChI is InChI=1S/C24H28BrN3O2/c1-27-23(17-5-3-2-4-6-17)22(25)20-15-19(28-9-13-30-14-10-28)16-21(24(20)27)26-18-7-11-29-12-8-18/h2-6,15-16,18,26H,7-14H2,1H3. The average Bonchev–Trinajstić information content (AvgIpc) is 3.06. The van der Waals surface area contributed by atoms with Gasteiger partial charge in [0.1, 0.15) is 0 Å². The van der Waals surface area contributed by atoms with Crippen LogP contribution in [0.2, 0.25) is 0 Å². The summed E-state index contributed by atoms with van der Waals surface area (Å²) >= 11 is 3.95. The number of nitrogens with one attached hydrogen (secondary N) is 1. The molecule has 2 aliphatic heterocycles. The molecule has 5 rings (SSSR count). The molecule has 2 saturated heterocycles. The molecule has 5 nitrogen and oxygen atoms in total. The summed E-state index contributed by atoms with van der Waals surface area (Å²) in [5.74, 6) is 0. The van der Waals surface area contributed by atoms with Gasteiger partial charge in [-0.3, -0.25) is 0 Å². The van der Waals surface area contributed by atoms with E-state index in [0.29, 0.717) is 6.04 Å². The predicted octanol–water partition coefficient (Wildman–Crippen LogP) is 5.04. The maximum atomic E-state index is 5.58. The second-order valence-electron chi connectivity index (χ2n) is 8.11. The number of hydrogen-bond donors (Lipinski definition) is 1. The fourth-order valence-corrected chi connectivity index (χ4v) is 5.42. The van der Waals surface area contributed by atoms with Crippen molar-refractivity contribution in [1.82, 2.24) is 4.57 Å². The molecule has 0 spiro atoms. The van der Waals surface area contributed by atoms with Crippen LogP contribution in [0.5, 0.6) is 0 Å². The fraction of sp³-hybridized carbons (Fsp3) is 0.417. The molecule has 2 aromatic carbocycles. The van der Waals surface area contributed by atoms with E-state index in [0.717, 1.165) is 56.8 Å². The summed E-state index contributed by atoms with van der Waals surface area (Å²) in [7, 11) is 2.17. The number of morpholine rings is 1. The number of aryl methyl sites for hydroxylation is 1. The summed E-state index contributed by atoms with van der Waals surface area (Å²) in [5, 5.41) is 5.10. The first-order valence-electron chi connectivity index (χ1n) is 10.8. The van der Waals surface area contributed by atoms with Crippen LogP contribution in [0.15, 0.2) is 46.9 Å². The molecular weight excluding hydrogens is 442 g/mol. The zero-order valence-corrected chi connectivity index (χ0v) is 19.0. The van der Waals surface area contributed by atoms with Crippen molar-refractivity contribution in [3.63, 3.8) is 0 Å². The molecule has 0 amide bonds. The van der Waals surface area contributed by atoms with E-state index in [9.17, 15) is 0 Å². The maximum Gasteiger partial charge on any atom is 0.0731 e. The van der Waals surface area contributed by atoms with Gasteiger partial charge >= 0.3 is 0 Å². The van der Waals surface area contributed by atoms with Crippen molar-refractivity contribution in [2.24, 2.45) is 7.05 Å². The molecular formula is C24H28BrN3O2. The Morgan fingerprint density at radius 1 is 0.967 bits per heavy atom. The first-order valence-corrected chi connectivity index (χ1v) is 11.6. The zero-order chi connectivity index (χ0) is 20.5. The van der Waals surface area contributed by atoms with Gasteiger partial charge in [-0.2, -0.15) is 0 Å². The molecule has 2 aliphatic rings. The van der Waals surface area contributed by atoms with Crippen molar-refractivity contribution >= 4 is 38.2 Å². The molecule has 0 radical (unpaired) electrons. The lowest BCUT2D eigenvalue weighted by Crippen LogP contribution is -2.36. The molecule has 0 unspecified atom stereocenters. The van der Waals surface area contributed by atoms with Gasteiger partial charge in [-0.05, 0) is 46.5 Å². The molecule has 0 aliphatic carbocycles. The number of anilines is 2. The number of benzene rings is 2. The van der Waals surface area contributed by atoms with E-state index in [-0.39, 0.29) is 0 Å². The van der Waals surface area contributed by atoms with Crippen molar-refractivity contribution in [3.8, 4) is 11.3 Å². The van der Waals surface area contributed by atoms with Gasteiger partial charge in [0.05, 0.1) is 34.6 Å². The van der Waals surface area contributed by atoms with Gasteiger partial charge in [0.15, 0.2) is 0 Å². The third-order valence-electron chi connectivity index (χ3n) is 6.21. The summed E-state index contributed by atoms with van der Waals surface area (Å²) in [5.41, 5.74) is 6.12. The van der Waals surface area contributed by atoms with Gasteiger partial charge in [0, 0.05) is 50.5 Å². The first kappa shape index (κ1) is 19.9. The highest BCUT2D eigenvalue weighted by atomic mass is 79.9. The van der Waals surface area contributed by atoms with Crippen LogP contribution in [-0.2, 0) is 16.5 Å². The Morgan fingerprint density at radius 2 is 1.67 bits per heavy atom. The average molecular weight is 470 g/mol. The van der Waals surface area contributed by atoms with Crippen molar-refractivity contribution in [2.75, 3.05) is 49.7 Å². The molecule has 1 aromatic heterocycles. The van der Waals surface area contributed by atoms with Crippen LogP contribution in [0.25, 0.3) is 22.2 Å². The SMILES string of the molecule is Cn1c(-c2ccccc2)c(Br)c2cc(N3CCOCC3)cc(NC3CCOCC3)c21. The van der Waals surface area contributed by atoms with E-state index in [2.05, 4.69) is 80.2 Å². The van der Waals surface area contributed by atoms with Crippen LogP contribution in [0.1, 0.15) is 12.8 Å². The molecule has 0 bridgehead atoms. The lowest BCUT2D eigenvalue weighted by atomic mass is 10.1. The molecule has 2 fully saturated rings. The number of ether oxygens (including phenoxy) is 2. The number of halogens is 1. The number of rotatable bonds is 4. The number of aromatic nitrogens is 1. The highest BCUT2D eigenvalue weighted by Crippen LogP contribution is 2.42. The van der Waals surface area contributed by atoms with Gasteiger partial charge < -0.3 is 24.3 Å². The van der Waals surface area contributed by atoms with Crippen molar-refractivity contribution in [1.29, 1.82) is 0 Å². The Hall–Kier alpha value is -2.02. The van der Waals surface area contributed by atoms with Crippen molar-refractivity contribution < 1.29 is 9.47 Å². The third-order valence-corrected chi connectivity index (χ3v) is 7.02. The summed E-state index contributed by atoms with van der Waals surface area (Å²) in [6.45, 7) is 5.08. The van der Waals surface area contributed by atoms with Crippen LogP contribution in [-0.4, -0.2) is 50.1 Å². The van der Waals surface area contributed by atoms with Crippen molar-refractivity contribution in [2.45, 2.75) is 18.9 Å². The van der Waals surface area contributed by atoms with Crippen LogP contribution in [0.4, 0.5) is 11.4 Å². The second-order valence-corrected chi connectivity index (χ2v) is 8.90. The summed E-state index contributed by atoms with van der Waals surface area (Å²) in [4.78, 5) is 2.43. The Morgan fingerprint density at radius 3 is 2.40 bits per heavy atom. The summed E-state index contributed by atoms with van der Waals surface area (Å²) in [6, 6.07) is 15.7. The number of nitrogens with zero attached hydrogens (tertiary/aromatic N) is 2. The molecule has 0 atom stereocenters. The van der Waals surface area contributed by atoms with Gasteiger partial charge in [-0.1, -0.05) is 30.3 Å². The van der Waals surface area contributed by atoms with E-state index in [4.69, 9.17) is 9.47 Å². The lowest BCUT2D eigenvalue weighted by Gasteiger charge is -2.30. The lowest BCUT2D eigenvalue weighted by molar-refractivity contribution is 0.0905. The van der Waals surface area contributed by atoms with Gasteiger partial charge in [-0.25, -0.2) is 0 Å². The van der Waals surface area contributed by atoms with Crippen LogP contribution in [0.3, 0.4) is 0 Å². The highest BCUT2D eigenvalue weighted by molar-refractivity contribution is 9.10. The molecule has 6 heteroatoms. The summed E-state index contributed by atoms with van der Waals surface area (Å²) < 4.78 is 14.6. The Balaban J connectivity index is 1.65. The molecule has 3 aromatic rings. The van der Waals surface area contributed by atoms with E-state index in [1.165, 1.54) is 33.5 Å². The van der Waals surface area contributed by atoms with E-state index in [1.54, 1.807) is 0 Å². The predicted molar refractivity (Wildman–Crippen MR) is 127 cm³/mol. The molecule has 30 heavy (non-hydrogen) atoms. The van der Waals surface area contributed by atoms with Crippen LogP contribution in [0, 0.1) is 0 Å². The van der Waals surface area contributed by atoms with Crippen LogP contribution >= 0.6 is 15.9 Å². The van der Waals surface area contributed by atoms with Crippen molar-refractivity contribution in [3.05, 3.63) is 46.9 Å². The number of hydrogen-bond acceptors (Lipinski definition) is 4. The largest absolute Gasteiger partial charge is 0.381 e. The smallest absolute Gasteiger partial charge is 0.0731 e.